The first kappa shape index (κ1) is 14.0. The fraction of sp³-hybridized carbons (Fsp3) is 0.462. The van der Waals surface area contributed by atoms with Crippen molar-refractivity contribution in [3.63, 3.8) is 0 Å². The van der Waals surface area contributed by atoms with Gasteiger partial charge in [0.25, 0.3) is 0 Å². The van der Waals surface area contributed by atoms with Gasteiger partial charge in [0.05, 0.1) is 6.42 Å². The molecule has 0 aliphatic carbocycles. The monoisotopic (exact) mass is 300 g/mol. The molecule has 94 valence electrons. The molecule has 0 aromatic heterocycles. The van der Waals surface area contributed by atoms with Crippen LogP contribution in [0.5, 0.6) is 5.75 Å². The third-order valence-corrected chi connectivity index (χ3v) is 2.53. The summed E-state index contributed by atoms with van der Waals surface area (Å²) in [5.41, 5.74) is 0.804. The van der Waals surface area contributed by atoms with E-state index in [0.29, 0.717) is 12.2 Å². The zero-order chi connectivity index (χ0) is 13.1. The summed E-state index contributed by atoms with van der Waals surface area (Å²) in [5.74, 6) is 0.190. The minimum absolute atomic E-state index is 0.102. The summed E-state index contributed by atoms with van der Waals surface area (Å²) < 4.78 is 0.961. The topological polar surface area (TPSA) is 35.5 Å². The van der Waals surface area contributed by atoms with Gasteiger partial charge in [0, 0.05) is 4.47 Å². The van der Waals surface area contributed by atoms with E-state index in [0.717, 1.165) is 10.0 Å². The lowest BCUT2D eigenvalue weighted by Gasteiger charge is -2.16. The molecule has 0 N–H and O–H groups in total. The number of aryl methyl sites for hydroxylation is 1. The molecule has 1 aromatic rings. The molecule has 3 nitrogen and oxygen atoms in total. The normalized spacial score (nSPS) is 11.1. The Morgan fingerprint density at radius 1 is 1.35 bits per heavy atom. The Balaban J connectivity index is 2.53. The van der Waals surface area contributed by atoms with Gasteiger partial charge in [-0.15, -0.1) is 0 Å². The average Bonchev–Trinajstić information content (AvgIpc) is 2.13. The van der Waals surface area contributed by atoms with Crippen molar-refractivity contribution >= 4 is 21.9 Å². The van der Waals surface area contributed by atoms with Crippen molar-refractivity contribution in [3.8, 4) is 5.75 Å². The van der Waals surface area contributed by atoms with E-state index in [1.54, 1.807) is 6.07 Å². The highest BCUT2D eigenvalue weighted by molar-refractivity contribution is 9.10. The molecule has 0 saturated heterocycles. The molecule has 0 atom stereocenters. The Morgan fingerprint density at radius 3 is 2.53 bits per heavy atom. The van der Waals surface area contributed by atoms with Gasteiger partial charge in [0.1, 0.15) is 0 Å². The molecule has 0 bridgehead atoms. The smallest absolute Gasteiger partial charge is 0.287 e. The molecule has 0 amide bonds. The maximum absolute atomic E-state index is 11.5. The van der Waals surface area contributed by atoms with Gasteiger partial charge in [-0.05, 0) is 36.1 Å². The highest BCUT2D eigenvalue weighted by Gasteiger charge is 2.18. The van der Waals surface area contributed by atoms with E-state index in [4.69, 9.17) is 9.78 Å². The molecule has 0 aliphatic heterocycles. The van der Waals surface area contributed by atoms with Crippen molar-refractivity contribution < 1.29 is 14.6 Å². The van der Waals surface area contributed by atoms with E-state index in [2.05, 4.69) is 15.9 Å². The minimum Gasteiger partial charge on any atom is -0.287 e. The Kier molecular flexibility index (Phi) is 4.57. The molecule has 1 rings (SSSR count). The number of rotatable bonds is 3. The standard InChI is InChI=1S/C13H17BrO3/c1-9-7-10(14)5-6-11(9)16-17-12(15)8-13(2,3)4/h5-7H,8H2,1-4H3. The van der Waals surface area contributed by atoms with Gasteiger partial charge in [-0.2, -0.15) is 0 Å². The predicted octanol–water partition coefficient (Wildman–Crippen LogP) is 4.03. The van der Waals surface area contributed by atoms with E-state index < -0.39 is 0 Å². The van der Waals surface area contributed by atoms with E-state index in [1.807, 2.05) is 39.8 Å². The second-order valence-corrected chi connectivity index (χ2v) is 6.10. The highest BCUT2D eigenvalue weighted by atomic mass is 79.9. The molecule has 0 saturated carbocycles. The summed E-state index contributed by atoms with van der Waals surface area (Å²) in [6.07, 6.45) is 0.322. The summed E-state index contributed by atoms with van der Waals surface area (Å²) in [6, 6.07) is 5.48. The van der Waals surface area contributed by atoms with Crippen LogP contribution in [0, 0.1) is 12.3 Å². The number of benzene rings is 1. The van der Waals surface area contributed by atoms with E-state index >= 15 is 0 Å². The summed E-state index contributed by atoms with van der Waals surface area (Å²) in [5, 5.41) is 0. The first-order valence-electron chi connectivity index (χ1n) is 5.41. The van der Waals surface area contributed by atoms with E-state index in [9.17, 15) is 4.79 Å². The lowest BCUT2D eigenvalue weighted by molar-refractivity contribution is -0.215. The molecule has 0 aliphatic rings. The zero-order valence-corrected chi connectivity index (χ0v) is 12.1. The second kappa shape index (κ2) is 5.54. The molecule has 17 heavy (non-hydrogen) atoms. The lowest BCUT2D eigenvalue weighted by atomic mass is 9.93. The van der Waals surface area contributed by atoms with Crippen LogP contribution in [0.25, 0.3) is 0 Å². The third kappa shape index (κ3) is 5.22. The summed E-state index contributed by atoms with van der Waals surface area (Å²) >= 11 is 3.35. The largest absolute Gasteiger partial charge is 0.355 e. The Bertz CT molecular complexity index is 408. The Morgan fingerprint density at radius 2 is 2.00 bits per heavy atom. The molecular weight excluding hydrogens is 284 g/mol. The Hall–Kier alpha value is -1.03. The average molecular weight is 301 g/mol. The van der Waals surface area contributed by atoms with Gasteiger partial charge < -0.3 is 0 Å². The highest BCUT2D eigenvalue weighted by Crippen LogP contribution is 2.23. The maximum atomic E-state index is 11.5. The van der Waals surface area contributed by atoms with Crippen molar-refractivity contribution in [3.05, 3.63) is 28.2 Å². The molecule has 1 aromatic carbocycles. The number of carbonyl (C=O) groups excluding carboxylic acids is 1. The van der Waals surface area contributed by atoms with Crippen molar-refractivity contribution in [1.29, 1.82) is 0 Å². The molecule has 4 heteroatoms. The summed E-state index contributed by atoms with van der Waals surface area (Å²) in [7, 11) is 0. The lowest BCUT2D eigenvalue weighted by Crippen LogP contribution is -2.17. The van der Waals surface area contributed by atoms with Gasteiger partial charge in [-0.3, -0.25) is 9.78 Å². The molecular formula is C13H17BrO3. The van der Waals surface area contributed by atoms with Crippen molar-refractivity contribution in [2.45, 2.75) is 34.1 Å². The van der Waals surface area contributed by atoms with Crippen molar-refractivity contribution in [1.82, 2.24) is 0 Å². The van der Waals surface area contributed by atoms with Crippen LogP contribution >= 0.6 is 15.9 Å². The zero-order valence-electron chi connectivity index (χ0n) is 10.5. The minimum atomic E-state index is -0.361. The van der Waals surface area contributed by atoms with Gasteiger partial charge in [-0.25, -0.2) is 4.79 Å². The van der Waals surface area contributed by atoms with Crippen molar-refractivity contribution in [2.75, 3.05) is 0 Å². The van der Waals surface area contributed by atoms with Crippen LogP contribution in [0.3, 0.4) is 0 Å². The first-order valence-corrected chi connectivity index (χ1v) is 6.21. The second-order valence-electron chi connectivity index (χ2n) is 5.19. The number of hydrogen-bond acceptors (Lipinski definition) is 3. The van der Waals surface area contributed by atoms with Gasteiger partial charge in [0.15, 0.2) is 5.75 Å². The Labute approximate surface area is 110 Å². The number of hydrogen-bond donors (Lipinski definition) is 0. The molecule has 0 unspecified atom stereocenters. The van der Waals surface area contributed by atoms with E-state index in [1.165, 1.54) is 0 Å². The quantitative estimate of drug-likeness (QED) is 0.624. The predicted molar refractivity (Wildman–Crippen MR) is 69.7 cm³/mol. The molecule has 0 fully saturated rings. The van der Waals surface area contributed by atoms with Crippen LogP contribution in [0.4, 0.5) is 0 Å². The van der Waals surface area contributed by atoms with Crippen LogP contribution in [0.15, 0.2) is 22.7 Å². The summed E-state index contributed by atoms with van der Waals surface area (Å²) in [6.45, 7) is 7.80. The van der Waals surface area contributed by atoms with Crippen molar-refractivity contribution in [2.24, 2.45) is 5.41 Å². The maximum Gasteiger partial charge on any atom is 0.355 e. The SMILES string of the molecule is Cc1cc(Br)ccc1OOC(=O)CC(C)(C)C. The molecule has 0 heterocycles. The van der Waals surface area contributed by atoms with Crippen LogP contribution in [-0.2, 0) is 9.68 Å². The number of halogens is 1. The van der Waals surface area contributed by atoms with Gasteiger partial charge >= 0.3 is 5.97 Å². The molecule has 0 radical (unpaired) electrons. The molecule has 0 spiro atoms. The van der Waals surface area contributed by atoms with Crippen LogP contribution in [0.1, 0.15) is 32.8 Å². The van der Waals surface area contributed by atoms with Crippen LogP contribution < -0.4 is 4.89 Å². The fourth-order valence-electron chi connectivity index (χ4n) is 1.26. The number of carbonyl (C=O) groups is 1. The third-order valence-electron chi connectivity index (χ3n) is 2.04. The van der Waals surface area contributed by atoms with Gasteiger partial charge in [0.2, 0.25) is 0 Å². The summed E-state index contributed by atoms with van der Waals surface area (Å²) in [4.78, 5) is 21.3. The van der Waals surface area contributed by atoms with Gasteiger partial charge in [-0.1, -0.05) is 36.7 Å². The van der Waals surface area contributed by atoms with Crippen LogP contribution in [0.2, 0.25) is 0 Å². The van der Waals surface area contributed by atoms with E-state index in [-0.39, 0.29) is 11.4 Å². The fourth-order valence-corrected chi connectivity index (χ4v) is 1.74. The first-order chi connectivity index (χ1) is 7.78. The van der Waals surface area contributed by atoms with Crippen LogP contribution in [-0.4, -0.2) is 5.97 Å².